The third-order valence-corrected chi connectivity index (χ3v) is 3.83. The number of guanidine groups is 1. The quantitative estimate of drug-likeness (QED) is 0.414. The van der Waals surface area contributed by atoms with Crippen LogP contribution in [-0.2, 0) is 6.54 Å². The molecule has 0 saturated carbocycles. The minimum absolute atomic E-state index is 0.560. The summed E-state index contributed by atoms with van der Waals surface area (Å²) < 4.78 is 1.98. The smallest absolute Gasteiger partial charge is 0.191 e. The van der Waals surface area contributed by atoms with Gasteiger partial charge in [-0.25, -0.2) is 0 Å². The van der Waals surface area contributed by atoms with Gasteiger partial charge in [0.2, 0.25) is 0 Å². The van der Waals surface area contributed by atoms with E-state index in [0.29, 0.717) is 12.1 Å². The summed E-state index contributed by atoms with van der Waals surface area (Å²) in [6, 6.07) is 1.12. The highest BCUT2D eigenvalue weighted by Gasteiger charge is 2.12. The van der Waals surface area contributed by atoms with Gasteiger partial charge in [0, 0.05) is 51.5 Å². The predicted octanol–water partition coefficient (Wildman–Crippen LogP) is 1.87. The molecule has 23 heavy (non-hydrogen) atoms. The van der Waals surface area contributed by atoms with E-state index in [1.54, 1.807) is 0 Å². The fourth-order valence-electron chi connectivity index (χ4n) is 2.67. The Bertz CT molecular complexity index is 455. The number of aromatic nitrogens is 2. The van der Waals surface area contributed by atoms with Gasteiger partial charge in [-0.1, -0.05) is 0 Å². The van der Waals surface area contributed by atoms with Crippen LogP contribution in [0.3, 0.4) is 0 Å². The van der Waals surface area contributed by atoms with Crippen molar-refractivity contribution in [1.82, 2.24) is 25.3 Å². The SMILES string of the molecule is CN=C(NCCCn1cc(C)cn1)NCCN(C(C)C)C(C)C. The molecular weight excluding hydrogens is 288 g/mol. The molecule has 0 unspecified atom stereocenters. The summed E-state index contributed by atoms with van der Waals surface area (Å²) in [5, 5.41) is 11.0. The third kappa shape index (κ3) is 7.50. The zero-order chi connectivity index (χ0) is 17.2. The van der Waals surface area contributed by atoms with E-state index < -0.39 is 0 Å². The van der Waals surface area contributed by atoms with Crippen molar-refractivity contribution in [3.05, 3.63) is 18.0 Å². The Morgan fingerprint density at radius 1 is 1.22 bits per heavy atom. The molecule has 6 heteroatoms. The van der Waals surface area contributed by atoms with Crippen molar-refractivity contribution in [2.45, 2.75) is 59.7 Å². The Kier molecular flexibility index (Phi) is 8.69. The first-order valence-corrected chi connectivity index (χ1v) is 8.63. The van der Waals surface area contributed by atoms with Crippen molar-refractivity contribution in [2.24, 2.45) is 4.99 Å². The van der Waals surface area contributed by atoms with Crippen molar-refractivity contribution >= 4 is 5.96 Å². The van der Waals surface area contributed by atoms with E-state index in [-0.39, 0.29) is 0 Å². The number of nitrogens with zero attached hydrogens (tertiary/aromatic N) is 4. The second-order valence-corrected chi connectivity index (χ2v) is 6.49. The van der Waals surface area contributed by atoms with Crippen LogP contribution >= 0.6 is 0 Å². The highest BCUT2D eigenvalue weighted by Crippen LogP contribution is 2.03. The minimum atomic E-state index is 0.560. The molecule has 0 saturated heterocycles. The minimum Gasteiger partial charge on any atom is -0.356 e. The summed E-state index contributed by atoms with van der Waals surface area (Å²) >= 11 is 0. The van der Waals surface area contributed by atoms with Gasteiger partial charge in [-0.05, 0) is 46.6 Å². The van der Waals surface area contributed by atoms with Crippen molar-refractivity contribution in [1.29, 1.82) is 0 Å². The molecule has 0 amide bonds. The van der Waals surface area contributed by atoms with E-state index in [9.17, 15) is 0 Å². The molecule has 0 spiro atoms. The van der Waals surface area contributed by atoms with E-state index >= 15 is 0 Å². The molecule has 1 aromatic heterocycles. The van der Waals surface area contributed by atoms with Crippen LogP contribution in [0.1, 0.15) is 39.7 Å². The average molecular weight is 323 g/mol. The molecule has 2 N–H and O–H groups in total. The molecule has 6 nitrogen and oxygen atoms in total. The van der Waals surface area contributed by atoms with Gasteiger partial charge in [0.25, 0.3) is 0 Å². The highest BCUT2D eigenvalue weighted by molar-refractivity contribution is 5.79. The molecule has 1 rings (SSSR count). The second kappa shape index (κ2) is 10.3. The van der Waals surface area contributed by atoms with Crippen LogP contribution in [-0.4, -0.2) is 59.4 Å². The fourth-order valence-corrected chi connectivity index (χ4v) is 2.67. The van der Waals surface area contributed by atoms with E-state index in [2.05, 4.69) is 66.4 Å². The zero-order valence-corrected chi connectivity index (χ0v) is 15.6. The maximum atomic E-state index is 4.29. The lowest BCUT2D eigenvalue weighted by Gasteiger charge is -2.30. The zero-order valence-electron chi connectivity index (χ0n) is 15.6. The van der Waals surface area contributed by atoms with E-state index in [1.807, 2.05) is 17.9 Å². The summed E-state index contributed by atoms with van der Waals surface area (Å²) in [7, 11) is 1.81. The highest BCUT2D eigenvalue weighted by atomic mass is 15.3. The van der Waals surface area contributed by atoms with Crippen molar-refractivity contribution in [2.75, 3.05) is 26.7 Å². The van der Waals surface area contributed by atoms with Crippen molar-refractivity contribution in [3.8, 4) is 0 Å². The van der Waals surface area contributed by atoms with Crippen LogP contribution in [0.5, 0.6) is 0 Å². The molecule has 132 valence electrons. The Labute approximate surface area is 141 Å². The number of aryl methyl sites for hydroxylation is 2. The van der Waals surface area contributed by atoms with E-state index in [0.717, 1.165) is 38.6 Å². The molecule has 0 aromatic carbocycles. The van der Waals surface area contributed by atoms with Gasteiger partial charge >= 0.3 is 0 Å². The summed E-state index contributed by atoms with van der Waals surface area (Å²) in [5.41, 5.74) is 1.20. The fraction of sp³-hybridized carbons (Fsp3) is 0.765. The van der Waals surface area contributed by atoms with Crippen molar-refractivity contribution < 1.29 is 0 Å². The van der Waals surface area contributed by atoms with Gasteiger partial charge in [-0.15, -0.1) is 0 Å². The lowest BCUT2D eigenvalue weighted by atomic mass is 10.2. The van der Waals surface area contributed by atoms with Gasteiger partial charge in [0.1, 0.15) is 0 Å². The lowest BCUT2D eigenvalue weighted by Crippen LogP contribution is -2.45. The van der Waals surface area contributed by atoms with Crippen LogP contribution < -0.4 is 10.6 Å². The molecule has 0 fully saturated rings. The maximum absolute atomic E-state index is 4.29. The Morgan fingerprint density at radius 2 is 1.87 bits per heavy atom. The van der Waals surface area contributed by atoms with Crippen LogP contribution in [0.2, 0.25) is 0 Å². The van der Waals surface area contributed by atoms with Gasteiger partial charge in [0.05, 0.1) is 6.20 Å². The summed E-state index contributed by atoms with van der Waals surface area (Å²) in [6.45, 7) is 14.7. The first-order valence-electron chi connectivity index (χ1n) is 8.63. The van der Waals surface area contributed by atoms with Crippen LogP contribution in [0.25, 0.3) is 0 Å². The number of rotatable bonds is 9. The largest absolute Gasteiger partial charge is 0.356 e. The first-order chi connectivity index (χ1) is 10.9. The Hall–Kier alpha value is -1.56. The number of hydrogen-bond donors (Lipinski definition) is 2. The standard InChI is InChI=1S/C17H34N6/c1-14(2)23(15(3)4)11-9-20-17(18-6)19-8-7-10-22-13-16(5)12-21-22/h12-15H,7-11H2,1-6H3,(H2,18,19,20). The summed E-state index contributed by atoms with van der Waals surface area (Å²) in [4.78, 5) is 6.75. The molecule has 1 heterocycles. The van der Waals surface area contributed by atoms with Crippen LogP contribution in [0.15, 0.2) is 17.4 Å². The van der Waals surface area contributed by atoms with Gasteiger partial charge in [0.15, 0.2) is 5.96 Å². The molecule has 0 atom stereocenters. The number of aliphatic imine (C=N–C) groups is 1. The molecular formula is C17H34N6. The van der Waals surface area contributed by atoms with Crippen LogP contribution in [0, 0.1) is 6.92 Å². The van der Waals surface area contributed by atoms with E-state index in [1.165, 1.54) is 5.56 Å². The monoisotopic (exact) mass is 322 g/mol. The van der Waals surface area contributed by atoms with Gasteiger partial charge in [-0.2, -0.15) is 5.10 Å². The number of hydrogen-bond acceptors (Lipinski definition) is 3. The van der Waals surface area contributed by atoms with Gasteiger partial charge in [-0.3, -0.25) is 14.6 Å². The molecule has 1 aromatic rings. The molecule has 0 bridgehead atoms. The number of nitrogens with one attached hydrogen (secondary N) is 2. The Morgan fingerprint density at radius 3 is 2.39 bits per heavy atom. The summed E-state index contributed by atoms with van der Waals surface area (Å²) in [6.07, 6.45) is 4.98. The molecule has 0 aliphatic carbocycles. The van der Waals surface area contributed by atoms with Crippen molar-refractivity contribution in [3.63, 3.8) is 0 Å². The van der Waals surface area contributed by atoms with Crippen LogP contribution in [0.4, 0.5) is 0 Å². The predicted molar refractivity (Wildman–Crippen MR) is 97.9 cm³/mol. The second-order valence-electron chi connectivity index (χ2n) is 6.49. The topological polar surface area (TPSA) is 57.5 Å². The first kappa shape index (κ1) is 19.5. The average Bonchev–Trinajstić information content (AvgIpc) is 2.90. The summed E-state index contributed by atoms with van der Waals surface area (Å²) in [5.74, 6) is 0.870. The normalized spacial score (nSPS) is 12.5. The van der Waals surface area contributed by atoms with E-state index in [4.69, 9.17) is 0 Å². The molecule has 0 aliphatic rings. The maximum Gasteiger partial charge on any atom is 0.191 e. The van der Waals surface area contributed by atoms with Gasteiger partial charge < -0.3 is 10.6 Å². The molecule has 0 radical (unpaired) electrons. The Balaban J connectivity index is 2.21. The molecule has 0 aliphatic heterocycles. The third-order valence-electron chi connectivity index (χ3n) is 3.83. The lowest BCUT2D eigenvalue weighted by molar-refractivity contribution is 0.178.